The molecule has 0 bridgehead atoms. The van der Waals surface area contributed by atoms with Gasteiger partial charge in [-0.15, -0.1) is 0 Å². The van der Waals surface area contributed by atoms with Crippen LogP contribution in [0.25, 0.3) is 6.08 Å². The van der Waals surface area contributed by atoms with Gasteiger partial charge in [0, 0.05) is 31.9 Å². The summed E-state index contributed by atoms with van der Waals surface area (Å²) < 4.78 is 0. The van der Waals surface area contributed by atoms with Crippen molar-refractivity contribution in [2.75, 3.05) is 31.1 Å². The smallest absolute Gasteiger partial charge is 0.0370 e. The van der Waals surface area contributed by atoms with Gasteiger partial charge in [0.15, 0.2) is 0 Å². The fraction of sp³-hybridized carbons (Fsp3) is 0.429. The standard InChI is InChI=1S/C14H20N2/c1-3-4-13-5-6-14(11-12(13)2)16-9-7-15-8-10-16/h3-6,11,15H,7-10H2,1-2H3. The molecule has 0 saturated carbocycles. The Morgan fingerprint density at radius 2 is 2.00 bits per heavy atom. The third kappa shape index (κ3) is 2.45. The number of allylic oxidation sites excluding steroid dienone is 1. The molecule has 0 aliphatic carbocycles. The van der Waals surface area contributed by atoms with Crippen LogP contribution in [0.15, 0.2) is 24.3 Å². The highest BCUT2D eigenvalue weighted by Gasteiger charge is 2.10. The van der Waals surface area contributed by atoms with Crippen LogP contribution in [-0.2, 0) is 0 Å². The third-order valence-corrected chi connectivity index (χ3v) is 3.08. The molecule has 1 fully saturated rings. The van der Waals surface area contributed by atoms with Crippen molar-refractivity contribution in [2.24, 2.45) is 0 Å². The average molecular weight is 216 g/mol. The molecule has 1 aliphatic rings. The molecule has 1 aromatic rings. The summed E-state index contributed by atoms with van der Waals surface area (Å²) in [5, 5.41) is 3.38. The zero-order valence-electron chi connectivity index (χ0n) is 10.2. The van der Waals surface area contributed by atoms with E-state index in [1.807, 2.05) is 0 Å². The minimum Gasteiger partial charge on any atom is -0.369 e. The van der Waals surface area contributed by atoms with E-state index in [0.717, 1.165) is 26.2 Å². The number of hydrogen-bond acceptors (Lipinski definition) is 2. The first-order valence-electron chi connectivity index (χ1n) is 6.00. The molecule has 2 rings (SSSR count). The lowest BCUT2D eigenvalue weighted by Gasteiger charge is -2.29. The summed E-state index contributed by atoms with van der Waals surface area (Å²) in [6.07, 6.45) is 4.25. The number of aryl methyl sites for hydroxylation is 1. The maximum Gasteiger partial charge on any atom is 0.0370 e. The van der Waals surface area contributed by atoms with Gasteiger partial charge in [-0.1, -0.05) is 18.2 Å². The van der Waals surface area contributed by atoms with Crippen molar-refractivity contribution in [3.8, 4) is 0 Å². The average Bonchev–Trinajstić information content (AvgIpc) is 2.33. The van der Waals surface area contributed by atoms with Gasteiger partial charge in [-0.25, -0.2) is 0 Å². The molecule has 0 radical (unpaired) electrons. The number of nitrogens with one attached hydrogen (secondary N) is 1. The van der Waals surface area contributed by atoms with Gasteiger partial charge in [-0.3, -0.25) is 0 Å². The minimum atomic E-state index is 1.09. The van der Waals surface area contributed by atoms with Gasteiger partial charge in [0.1, 0.15) is 0 Å². The van der Waals surface area contributed by atoms with Gasteiger partial charge >= 0.3 is 0 Å². The Hall–Kier alpha value is -1.28. The Balaban J connectivity index is 2.19. The van der Waals surface area contributed by atoms with E-state index in [2.05, 4.69) is 54.4 Å². The molecular formula is C14H20N2. The van der Waals surface area contributed by atoms with Crippen molar-refractivity contribution >= 4 is 11.8 Å². The fourth-order valence-corrected chi connectivity index (χ4v) is 2.15. The fourth-order valence-electron chi connectivity index (χ4n) is 2.15. The van der Waals surface area contributed by atoms with Crippen molar-refractivity contribution in [3.63, 3.8) is 0 Å². The van der Waals surface area contributed by atoms with Crippen LogP contribution in [0, 0.1) is 6.92 Å². The van der Waals surface area contributed by atoms with E-state index >= 15 is 0 Å². The largest absolute Gasteiger partial charge is 0.369 e. The minimum absolute atomic E-state index is 1.09. The topological polar surface area (TPSA) is 15.3 Å². The van der Waals surface area contributed by atoms with Crippen LogP contribution in [0.5, 0.6) is 0 Å². The van der Waals surface area contributed by atoms with E-state index in [9.17, 15) is 0 Å². The molecule has 0 atom stereocenters. The molecule has 0 unspecified atom stereocenters. The number of benzene rings is 1. The number of nitrogens with zero attached hydrogens (tertiary/aromatic N) is 1. The Bertz CT molecular complexity index is 376. The number of anilines is 1. The SMILES string of the molecule is CC=Cc1ccc(N2CCNCC2)cc1C. The highest BCUT2D eigenvalue weighted by Crippen LogP contribution is 2.20. The summed E-state index contributed by atoms with van der Waals surface area (Å²) in [5.74, 6) is 0. The van der Waals surface area contributed by atoms with E-state index in [1.54, 1.807) is 0 Å². The first-order chi connectivity index (χ1) is 7.81. The molecule has 1 saturated heterocycles. The lowest BCUT2D eigenvalue weighted by Crippen LogP contribution is -2.43. The summed E-state index contributed by atoms with van der Waals surface area (Å²) in [6, 6.07) is 6.74. The third-order valence-electron chi connectivity index (χ3n) is 3.08. The Morgan fingerprint density at radius 3 is 2.62 bits per heavy atom. The molecule has 0 spiro atoms. The van der Waals surface area contributed by atoms with Crippen LogP contribution >= 0.6 is 0 Å². The van der Waals surface area contributed by atoms with Gasteiger partial charge in [-0.05, 0) is 37.1 Å². The molecule has 1 heterocycles. The normalized spacial score (nSPS) is 17.0. The highest BCUT2D eigenvalue weighted by atomic mass is 15.2. The predicted molar refractivity (Wildman–Crippen MR) is 71.0 cm³/mol. The van der Waals surface area contributed by atoms with Crippen LogP contribution in [-0.4, -0.2) is 26.2 Å². The zero-order valence-corrected chi connectivity index (χ0v) is 10.2. The monoisotopic (exact) mass is 216 g/mol. The summed E-state index contributed by atoms with van der Waals surface area (Å²) in [5.41, 5.74) is 4.03. The lowest BCUT2D eigenvalue weighted by molar-refractivity contribution is 0.589. The summed E-state index contributed by atoms with van der Waals surface area (Å²) in [4.78, 5) is 2.45. The highest BCUT2D eigenvalue weighted by molar-refractivity contribution is 5.60. The molecule has 86 valence electrons. The number of hydrogen-bond donors (Lipinski definition) is 1. The first-order valence-corrected chi connectivity index (χ1v) is 6.00. The van der Waals surface area contributed by atoms with Crippen molar-refractivity contribution < 1.29 is 0 Å². The molecule has 2 nitrogen and oxygen atoms in total. The van der Waals surface area contributed by atoms with Crippen molar-refractivity contribution in [2.45, 2.75) is 13.8 Å². The summed E-state index contributed by atoms with van der Waals surface area (Å²) in [7, 11) is 0. The second-order valence-electron chi connectivity index (χ2n) is 4.28. The number of piperazine rings is 1. The van der Waals surface area contributed by atoms with Crippen LogP contribution in [0.3, 0.4) is 0 Å². The van der Waals surface area contributed by atoms with Crippen LogP contribution in [0.1, 0.15) is 18.1 Å². The zero-order chi connectivity index (χ0) is 11.4. The molecule has 1 aliphatic heterocycles. The van der Waals surface area contributed by atoms with Crippen molar-refractivity contribution in [1.82, 2.24) is 5.32 Å². The first kappa shape index (κ1) is 11.2. The Kier molecular flexibility index (Phi) is 3.62. The second-order valence-corrected chi connectivity index (χ2v) is 4.28. The van der Waals surface area contributed by atoms with Gasteiger partial charge in [0.2, 0.25) is 0 Å². The molecule has 2 heteroatoms. The maximum absolute atomic E-state index is 3.38. The van der Waals surface area contributed by atoms with Crippen molar-refractivity contribution in [3.05, 3.63) is 35.4 Å². The van der Waals surface area contributed by atoms with Crippen LogP contribution < -0.4 is 10.2 Å². The van der Waals surface area contributed by atoms with E-state index in [-0.39, 0.29) is 0 Å². The van der Waals surface area contributed by atoms with Crippen molar-refractivity contribution in [1.29, 1.82) is 0 Å². The van der Waals surface area contributed by atoms with Gasteiger partial charge in [-0.2, -0.15) is 0 Å². The Morgan fingerprint density at radius 1 is 1.25 bits per heavy atom. The van der Waals surface area contributed by atoms with E-state index in [0.29, 0.717) is 0 Å². The molecule has 1 N–H and O–H groups in total. The van der Waals surface area contributed by atoms with Crippen LogP contribution in [0.4, 0.5) is 5.69 Å². The Labute approximate surface area is 98.0 Å². The van der Waals surface area contributed by atoms with Gasteiger partial charge < -0.3 is 10.2 Å². The quantitative estimate of drug-likeness (QED) is 0.817. The molecule has 16 heavy (non-hydrogen) atoms. The van der Waals surface area contributed by atoms with E-state index < -0.39 is 0 Å². The van der Waals surface area contributed by atoms with Crippen LogP contribution in [0.2, 0.25) is 0 Å². The summed E-state index contributed by atoms with van der Waals surface area (Å²) >= 11 is 0. The van der Waals surface area contributed by atoms with Gasteiger partial charge in [0.25, 0.3) is 0 Å². The summed E-state index contributed by atoms with van der Waals surface area (Å²) in [6.45, 7) is 8.65. The molecule has 1 aromatic carbocycles. The molecule has 0 aromatic heterocycles. The van der Waals surface area contributed by atoms with E-state index in [1.165, 1.54) is 16.8 Å². The number of rotatable bonds is 2. The predicted octanol–water partition coefficient (Wildman–Crippen LogP) is 2.44. The maximum atomic E-state index is 3.38. The second kappa shape index (κ2) is 5.17. The van der Waals surface area contributed by atoms with E-state index in [4.69, 9.17) is 0 Å². The lowest BCUT2D eigenvalue weighted by atomic mass is 10.1. The van der Waals surface area contributed by atoms with Gasteiger partial charge in [0.05, 0.1) is 0 Å². The molecule has 0 amide bonds. The molecular weight excluding hydrogens is 196 g/mol.